The van der Waals surface area contributed by atoms with Gasteiger partial charge in [-0.2, -0.15) is 0 Å². The largest absolute Gasteiger partial charge is 0.132 e. The van der Waals surface area contributed by atoms with Gasteiger partial charge in [0.05, 0.1) is 1.37 Å². The van der Waals surface area contributed by atoms with Gasteiger partial charge in [0, 0.05) is 6.42 Å². The molecule has 0 aliphatic heterocycles. The second-order valence-corrected chi connectivity index (χ2v) is 10.5. The van der Waals surface area contributed by atoms with Gasteiger partial charge in [-0.1, -0.05) is 64.4 Å². The minimum atomic E-state index is -1.26. The van der Waals surface area contributed by atoms with Gasteiger partial charge in [0.2, 0.25) is 0 Å². The summed E-state index contributed by atoms with van der Waals surface area (Å²) in [7, 11) is -1.26. The normalized spacial score (nSPS) is 13.6. The van der Waals surface area contributed by atoms with Crippen LogP contribution in [0.2, 0.25) is 19.6 Å². The van der Waals surface area contributed by atoms with Crippen LogP contribution in [0.1, 0.15) is 60.2 Å². The van der Waals surface area contributed by atoms with Crippen molar-refractivity contribution in [1.82, 2.24) is 0 Å². The lowest BCUT2D eigenvalue weighted by atomic mass is 10.0. The highest BCUT2D eigenvalue weighted by Crippen LogP contribution is 2.13. The highest BCUT2D eigenvalue weighted by atomic mass is 28.3. The average Bonchev–Trinajstić information content (AvgIpc) is 2.29. The lowest BCUT2D eigenvalue weighted by Gasteiger charge is -2.05. The molecule has 0 aromatic carbocycles. The molecule has 0 saturated carbocycles. The summed E-state index contributed by atoms with van der Waals surface area (Å²) in [6.07, 6.45) is 7.53. The Morgan fingerprint density at radius 1 is 1.18 bits per heavy atom. The van der Waals surface area contributed by atoms with E-state index in [0.717, 1.165) is 31.7 Å². The van der Waals surface area contributed by atoms with Gasteiger partial charge in [-0.25, -0.2) is 0 Å². The molecule has 0 bridgehead atoms. The van der Waals surface area contributed by atoms with Crippen molar-refractivity contribution in [2.75, 3.05) is 0 Å². The Bertz CT molecular complexity index is 312. The Labute approximate surface area is 111 Å². The summed E-state index contributed by atoms with van der Waals surface area (Å²) in [6.45, 7) is 11.2. The fraction of sp³-hybridized carbons (Fsp3) is 0.750. The highest BCUT2D eigenvalue weighted by molar-refractivity contribution is 6.83. The van der Waals surface area contributed by atoms with E-state index in [1.165, 1.54) is 24.8 Å². The van der Waals surface area contributed by atoms with Crippen molar-refractivity contribution in [2.45, 2.75) is 78.4 Å². The Morgan fingerprint density at radius 3 is 2.35 bits per heavy atom. The Kier molecular flexibility index (Phi) is 8.18. The molecule has 0 atom stereocenters. The van der Waals surface area contributed by atoms with Gasteiger partial charge in [0.15, 0.2) is 0 Å². The monoisotopic (exact) mass is 251 g/mol. The topological polar surface area (TPSA) is 0 Å². The van der Waals surface area contributed by atoms with Gasteiger partial charge in [-0.05, 0) is 19.3 Å². The standard InChI is InChI=1S/C16H30Si/c1-6-8-10-13-16(12-9-7-2)14-11-15-17(3,4)5/h13H,6-10,12,14H2,1-5H3/b16-13+/i13D. The zero-order valence-corrected chi connectivity index (χ0v) is 13.4. The molecule has 0 rings (SSSR count). The number of hydrogen-bond acceptors (Lipinski definition) is 0. The molecule has 0 heterocycles. The van der Waals surface area contributed by atoms with Crippen molar-refractivity contribution in [3.05, 3.63) is 11.6 Å². The zero-order chi connectivity index (χ0) is 14.0. The quantitative estimate of drug-likeness (QED) is 0.315. The smallest absolute Gasteiger partial charge is 0.129 e. The lowest BCUT2D eigenvalue weighted by Crippen LogP contribution is -2.16. The third-order valence-corrected chi connectivity index (χ3v) is 3.43. The average molecular weight is 252 g/mol. The predicted molar refractivity (Wildman–Crippen MR) is 82.9 cm³/mol. The summed E-state index contributed by atoms with van der Waals surface area (Å²) in [5, 5.41) is 0. The number of unbranched alkanes of at least 4 members (excludes halogenated alkanes) is 2. The van der Waals surface area contributed by atoms with E-state index in [0.29, 0.717) is 0 Å². The molecule has 0 aromatic rings. The Morgan fingerprint density at radius 2 is 1.82 bits per heavy atom. The molecule has 17 heavy (non-hydrogen) atoms. The maximum atomic E-state index is 8.17. The molecule has 0 aromatic heterocycles. The molecule has 0 radical (unpaired) electrons. The zero-order valence-electron chi connectivity index (χ0n) is 13.4. The minimum Gasteiger partial charge on any atom is -0.132 e. The van der Waals surface area contributed by atoms with E-state index in [1.807, 2.05) is 0 Å². The first-order valence-corrected chi connectivity index (χ1v) is 10.6. The van der Waals surface area contributed by atoms with Crippen LogP contribution in [-0.4, -0.2) is 8.07 Å². The molecule has 0 aliphatic carbocycles. The highest BCUT2D eigenvalue weighted by Gasteiger charge is 2.07. The third kappa shape index (κ3) is 11.8. The first kappa shape index (κ1) is 14.6. The summed E-state index contributed by atoms with van der Waals surface area (Å²) >= 11 is 0. The van der Waals surface area contributed by atoms with E-state index < -0.39 is 8.07 Å². The molecule has 0 aliphatic rings. The van der Waals surface area contributed by atoms with Crippen LogP contribution < -0.4 is 0 Å². The summed E-state index contributed by atoms with van der Waals surface area (Å²) in [4.78, 5) is 0. The van der Waals surface area contributed by atoms with Crippen LogP contribution >= 0.6 is 0 Å². The molecule has 0 amide bonds. The van der Waals surface area contributed by atoms with E-state index in [4.69, 9.17) is 1.37 Å². The summed E-state index contributed by atoms with van der Waals surface area (Å²) in [6, 6.07) is 0.857. The van der Waals surface area contributed by atoms with Crippen LogP contribution in [0.4, 0.5) is 0 Å². The molecule has 0 unspecified atom stereocenters. The fourth-order valence-corrected chi connectivity index (χ4v) is 2.11. The molecule has 0 saturated heterocycles. The number of allylic oxidation sites excluding steroid dienone is 2. The van der Waals surface area contributed by atoms with Crippen molar-refractivity contribution in [1.29, 1.82) is 0 Å². The van der Waals surface area contributed by atoms with Crippen molar-refractivity contribution in [2.24, 2.45) is 0 Å². The van der Waals surface area contributed by atoms with Crippen LogP contribution in [0.15, 0.2) is 11.6 Å². The second kappa shape index (κ2) is 9.54. The van der Waals surface area contributed by atoms with E-state index in [-0.39, 0.29) is 0 Å². The summed E-state index contributed by atoms with van der Waals surface area (Å²) in [5.41, 5.74) is 4.70. The molecular formula is C16H30Si. The first-order chi connectivity index (χ1) is 8.40. The van der Waals surface area contributed by atoms with E-state index in [2.05, 4.69) is 45.0 Å². The fourth-order valence-electron chi connectivity index (χ4n) is 1.49. The lowest BCUT2D eigenvalue weighted by molar-refractivity contribution is 0.760. The van der Waals surface area contributed by atoms with E-state index in [1.54, 1.807) is 0 Å². The minimum absolute atomic E-state index is 0.826. The molecule has 0 nitrogen and oxygen atoms in total. The Hall–Kier alpha value is -0.483. The van der Waals surface area contributed by atoms with Crippen molar-refractivity contribution < 1.29 is 1.37 Å². The predicted octanol–water partition coefficient (Wildman–Crippen LogP) is 5.56. The number of rotatable bonds is 7. The molecule has 1 heteroatoms. The van der Waals surface area contributed by atoms with E-state index in [9.17, 15) is 0 Å². The SMILES string of the molecule is [2H]/C(CCCC)=C(\CC#C[Si](C)(C)C)CCCC. The van der Waals surface area contributed by atoms with Gasteiger partial charge < -0.3 is 0 Å². The van der Waals surface area contributed by atoms with Gasteiger partial charge >= 0.3 is 0 Å². The molecule has 0 fully saturated rings. The Balaban J connectivity index is 4.60. The molecular weight excluding hydrogens is 220 g/mol. The molecule has 98 valence electrons. The first-order valence-electron chi connectivity index (χ1n) is 7.58. The van der Waals surface area contributed by atoms with Crippen LogP contribution in [0.5, 0.6) is 0 Å². The summed E-state index contributed by atoms with van der Waals surface area (Å²) < 4.78 is 8.17. The molecule has 0 spiro atoms. The van der Waals surface area contributed by atoms with Crippen LogP contribution in [0, 0.1) is 11.5 Å². The molecule has 0 N–H and O–H groups in total. The van der Waals surface area contributed by atoms with Gasteiger partial charge in [0.25, 0.3) is 0 Å². The van der Waals surface area contributed by atoms with Crippen molar-refractivity contribution >= 4 is 8.07 Å². The van der Waals surface area contributed by atoms with Crippen LogP contribution in [0.25, 0.3) is 0 Å². The van der Waals surface area contributed by atoms with Gasteiger partial charge in [0.1, 0.15) is 8.07 Å². The number of hydrogen-bond donors (Lipinski definition) is 0. The van der Waals surface area contributed by atoms with Crippen LogP contribution in [0.3, 0.4) is 0 Å². The maximum absolute atomic E-state index is 8.17. The van der Waals surface area contributed by atoms with Crippen LogP contribution in [-0.2, 0) is 0 Å². The maximum Gasteiger partial charge on any atom is 0.129 e. The van der Waals surface area contributed by atoms with E-state index >= 15 is 0 Å². The summed E-state index contributed by atoms with van der Waals surface area (Å²) in [5.74, 6) is 3.33. The van der Waals surface area contributed by atoms with Crippen molar-refractivity contribution in [3.63, 3.8) is 0 Å². The third-order valence-electron chi connectivity index (χ3n) is 2.50. The van der Waals surface area contributed by atoms with Crippen molar-refractivity contribution in [3.8, 4) is 11.5 Å². The van der Waals surface area contributed by atoms with Gasteiger partial charge in [-0.15, -0.1) is 11.5 Å². The second-order valence-electron chi connectivity index (χ2n) is 5.72. The van der Waals surface area contributed by atoms with Gasteiger partial charge in [-0.3, -0.25) is 0 Å².